The van der Waals surface area contributed by atoms with Crippen LogP contribution in [0, 0.1) is 24.2 Å². The van der Waals surface area contributed by atoms with Crippen molar-refractivity contribution in [1.82, 2.24) is 0 Å². The summed E-state index contributed by atoms with van der Waals surface area (Å²) in [5.41, 5.74) is 1.86. The van der Waals surface area contributed by atoms with Crippen LogP contribution in [0.4, 0.5) is 5.69 Å². The number of hydrogen-bond acceptors (Lipinski definition) is 3. The van der Waals surface area contributed by atoms with Crippen LogP contribution < -0.4 is 5.32 Å². The number of nitrogens with one attached hydrogen (secondary N) is 1. The topological polar surface area (TPSA) is 52.9 Å². The van der Waals surface area contributed by atoms with Gasteiger partial charge in [-0.15, -0.1) is 11.3 Å². The predicted molar refractivity (Wildman–Crippen MR) is 76.9 cm³/mol. The molecule has 0 aliphatic carbocycles. The van der Waals surface area contributed by atoms with E-state index in [9.17, 15) is 4.79 Å². The van der Waals surface area contributed by atoms with Gasteiger partial charge in [0.05, 0.1) is 6.07 Å². The SMILES string of the molecule is Cc1ccc(NC(=O)[C@H](C#N)Cc2cccs2)cc1. The van der Waals surface area contributed by atoms with Crippen molar-refractivity contribution in [3.8, 4) is 6.07 Å². The van der Waals surface area contributed by atoms with E-state index in [-0.39, 0.29) is 5.91 Å². The molecule has 1 aromatic carbocycles. The molecule has 0 unspecified atom stereocenters. The lowest BCUT2D eigenvalue weighted by atomic mass is 10.1. The van der Waals surface area contributed by atoms with E-state index in [1.54, 1.807) is 11.3 Å². The van der Waals surface area contributed by atoms with Crippen molar-refractivity contribution < 1.29 is 4.79 Å². The molecular weight excluding hydrogens is 256 g/mol. The Kier molecular flexibility index (Phi) is 4.32. The molecule has 0 aliphatic rings. The second kappa shape index (κ2) is 6.17. The zero-order chi connectivity index (χ0) is 13.7. The van der Waals surface area contributed by atoms with Crippen LogP contribution in [0.15, 0.2) is 41.8 Å². The number of carbonyl (C=O) groups excluding carboxylic acids is 1. The van der Waals surface area contributed by atoms with Gasteiger partial charge < -0.3 is 5.32 Å². The molecular formula is C15H14N2OS. The van der Waals surface area contributed by atoms with Gasteiger partial charge in [0, 0.05) is 17.0 Å². The van der Waals surface area contributed by atoms with Crippen molar-refractivity contribution in [2.75, 3.05) is 5.32 Å². The summed E-state index contributed by atoms with van der Waals surface area (Å²) in [4.78, 5) is 13.1. The second-order valence-corrected chi connectivity index (χ2v) is 5.35. The van der Waals surface area contributed by atoms with E-state index in [0.29, 0.717) is 6.42 Å². The number of nitrogens with zero attached hydrogens (tertiary/aromatic N) is 1. The monoisotopic (exact) mass is 270 g/mol. The first-order valence-electron chi connectivity index (χ1n) is 5.98. The fourth-order valence-corrected chi connectivity index (χ4v) is 2.45. The van der Waals surface area contributed by atoms with Crippen LogP contribution in [0.5, 0.6) is 0 Å². The third kappa shape index (κ3) is 3.67. The van der Waals surface area contributed by atoms with Crippen LogP contribution in [0.25, 0.3) is 0 Å². The van der Waals surface area contributed by atoms with Gasteiger partial charge >= 0.3 is 0 Å². The summed E-state index contributed by atoms with van der Waals surface area (Å²) >= 11 is 1.56. The minimum Gasteiger partial charge on any atom is -0.325 e. The van der Waals surface area contributed by atoms with E-state index < -0.39 is 5.92 Å². The number of hydrogen-bond donors (Lipinski definition) is 1. The number of aryl methyl sites for hydroxylation is 1. The maximum atomic E-state index is 12.0. The van der Waals surface area contributed by atoms with Crippen LogP contribution in [0.3, 0.4) is 0 Å². The second-order valence-electron chi connectivity index (χ2n) is 4.32. The minimum atomic E-state index is -0.653. The van der Waals surface area contributed by atoms with Crippen molar-refractivity contribution in [3.05, 3.63) is 52.2 Å². The molecule has 1 amide bonds. The lowest BCUT2D eigenvalue weighted by Crippen LogP contribution is -2.23. The Morgan fingerprint density at radius 3 is 2.68 bits per heavy atom. The largest absolute Gasteiger partial charge is 0.325 e. The van der Waals surface area contributed by atoms with Gasteiger partial charge in [-0.1, -0.05) is 23.8 Å². The van der Waals surface area contributed by atoms with Gasteiger partial charge in [0.25, 0.3) is 0 Å². The van der Waals surface area contributed by atoms with Crippen LogP contribution in [-0.4, -0.2) is 5.91 Å². The Balaban J connectivity index is 2.01. The Hall–Kier alpha value is -2.12. The van der Waals surface area contributed by atoms with Crippen molar-refractivity contribution in [2.45, 2.75) is 13.3 Å². The van der Waals surface area contributed by atoms with E-state index in [1.807, 2.05) is 48.7 Å². The Morgan fingerprint density at radius 1 is 1.37 bits per heavy atom. The number of amides is 1. The summed E-state index contributed by atoms with van der Waals surface area (Å²) in [5.74, 6) is -0.903. The summed E-state index contributed by atoms with van der Waals surface area (Å²) in [6, 6.07) is 13.5. The first-order chi connectivity index (χ1) is 9.19. The van der Waals surface area contributed by atoms with E-state index in [2.05, 4.69) is 11.4 Å². The van der Waals surface area contributed by atoms with Crippen LogP contribution in [0.2, 0.25) is 0 Å². The lowest BCUT2D eigenvalue weighted by Gasteiger charge is -2.09. The van der Waals surface area contributed by atoms with Crippen LogP contribution >= 0.6 is 11.3 Å². The quantitative estimate of drug-likeness (QED) is 0.926. The van der Waals surface area contributed by atoms with Crippen molar-refractivity contribution in [3.63, 3.8) is 0 Å². The van der Waals surface area contributed by atoms with Gasteiger partial charge in [-0.25, -0.2) is 0 Å². The summed E-state index contributed by atoms with van der Waals surface area (Å²) < 4.78 is 0. The van der Waals surface area contributed by atoms with Gasteiger partial charge in [0.2, 0.25) is 5.91 Å². The third-order valence-corrected chi connectivity index (χ3v) is 3.68. The Bertz CT molecular complexity index is 582. The van der Waals surface area contributed by atoms with Gasteiger partial charge in [-0.2, -0.15) is 5.26 Å². The summed E-state index contributed by atoms with van der Waals surface area (Å²) in [7, 11) is 0. The van der Waals surface area contributed by atoms with E-state index in [1.165, 1.54) is 0 Å². The normalized spacial score (nSPS) is 11.6. The highest BCUT2D eigenvalue weighted by Crippen LogP contribution is 2.16. The van der Waals surface area contributed by atoms with Crippen molar-refractivity contribution >= 4 is 22.9 Å². The molecule has 1 aromatic heterocycles. The van der Waals surface area contributed by atoms with Crippen LogP contribution in [-0.2, 0) is 11.2 Å². The first-order valence-corrected chi connectivity index (χ1v) is 6.86. The molecule has 96 valence electrons. The molecule has 2 rings (SSSR count). The van der Waals surface area contributed by atoms with E-state index >= 15 is 0 Å². The zero-order valence-electron chi connectivity index (χ0n) is 10.6. The molecule has 0 saturated carbocycles. The summed E-state index contributed by atoms with van der Waals surface area (Å²) in [6.07, 6.45) is 0.464. The molecule has 0 aliphatic heterocycles. The maximum absolute atomic E-state index is 12.0. The fourth-order valence-electron chi connectivity index (χ4n) is 1.69. The Labute approximate surface area is 116 Å². The highest BCUT2D eigenvalue weighted by molar-refractivity contribution is 7.09. The highest BCUT2D eigenvalue weighted by Gasteiger charge is 2.18. The highest BCUT2D eigenvalue weighted by atomic mass is 32.1. The van der Waals surface area contributed by atoms with Gasteiger partial charge in [0.1, 0.15) is 5.92 Å². The van der Waals surface area contributed by atoms with Crippen molar-refractivity contribution in [2.24, 2.45) is 5.92 Å². The summed E-state index contributed by atoms with van der Waals surface area (Å²) in [6.45, 7) is 1.99. The number of anilines is 1. The fraction of sp³-hybridized carbons (Fsp3) is 0.200. The molecule has 0 bridgehead atoms. The maximum Gasteiger partial charge on any atom is 0.242 e. The number of thiophene rings is 1. The van der Waals surface area contributed by atoms with Gasteiger partial charge in [-0.3, -0.25) is 4.79 Å². The smallest absolute Gasteiger partial charge is 0.242 e. The zero-order valence-corrected chi connectivity index (χ0v) is 11.4. The lowest BCUT2D eigenvalue weighted by molar-refractivity contribution is -0.118. The van der Waals surface area contributed by atoms with E-state index in [4.69, 9.17) is 5.26 Å². The standard InChI is InChI=1S/C15H14N2OS/c1-11-4-6-13(7-5-11)17-15(18)12(10-16)9-14-3-2-8-19-14/h2-8,12H,9H2,1H3,(H,17,18)/t12-/m0/s1. The predicted octanol–water partition coefficient (Wildman–Crippen LogP) is 3.38. The number of rotatable bonds is 4. The van der Waals surface area contributed by atoms with Crippen molar-refractivity contribution in [1.29, 1.82) is 5.26 Å². The summed E-state index contributed by atoms with van der Waals surface area (Å²) in [5, 5.41) is 13.8. The van der Waals surface area contributed by atoms with E-state index in [0.717, 1.165) is 16.1 Å². The molecule has 0 fully saturated rings. The number of carbonyl (C=O) groups is 1. The molecule has 1 heterocycles. The molecule has 1 N–H and O–H groups in total. The first kappa shape index (κ1) is 13.3. The molecule has 0 spiro atoms. The molecule has 4 heteroatoms. The third-order valence-electron chi connectivity index (χ3n) is 2.78. The number of nitriles is 1. The average Bonchev–Trinajstić information content (AvgIpc) is 2.91. The molecule has 1 atom stereocenters. The molecule has 19 heavy (non-hydrogen) atoms. The molecule has 2 aromatic rings. The van der Waals surface area contributed by atoms with Crippen LogP contribution in [0.1, 0.15) is 10.4 Å². The average molecular weight is 270 g/mol. The molecule has 0 saturated heterocycles. The minimum absolute atomic E-state index is 0.250. The molecule has 3 nitrogen and oxygen atoms in total. The van der Waals surface area contributed by atoms with Gasteiger partial charge in [-0.05, 0) is 30.5 Å². The van der Waals surface area contributed by atoms with Gasteiger partial charge in [0.15, 0.2) is 0 Å². The Morgan fingerprint density at radius 2 is 2.11 bits per heavy atom. The number of benzene rings is 1. The molecule has 0 radical (unpaired) electrons.